The number of carbonyl (C=O) groups is 3. The first-order valence-electron chi connectivity index (χ1n) is 9.22. The van der Waals surface area contributed by atoms with E-state index in [1.54, 1.807) is 42.6 Å². The lowest BCUT2D eigenvalue weighted by atomic mass is 10.2. The van der Waals surface area contributed by atoms with Crippen LogP contribution in [0.25, 0.3) is 5.57 Å². The number of aromatic nitrogens is 1. The van der Waals surface area contributed by atoms with Crippen molar-refractivity contribution in [2.75, 3.05) is 10.6 Å². The SMILES string of the molecule is CC(=O)Nc1ccc(NC2=C(c3cccs3)C(=O)N(Cc3ccccn3)C2=O)cc1. The minimum atomic E-state index is -0.403. The Bertz CT molecular complexity index is 1120. The molecule has 2 aromatic heterocycles. The molecular formula is C22H18N4O3S. The number of hydrogen-bond acceptors (Lipinski definition) is 6. The van der Waals surface area contributed by atoms with E-state index in [1.165, 1.54) is 23.2 Å². The van der Waals surface area contributed by atoms with Crippen LogP contribution in [0.4, 0.5) is 11.4 Å². The van der Waals surface area contributed by atoms with Crippen molar-refractivity contribution in [2.45, 2.75) is 13.5 Å². The smallest absolute Gasteiger partial charge is 0.278 e. The van der Waals surface area contributed by atoms with E-state index in [4.69, 9.17) is 0 Å². The second-order valence-corrected chi connectivity index (χ2v) is 7.58. The second kappa shape index (κ2) is 8.30. The Kier molecular flexibility index (Phi) is 5.40. The van der Waals surface area contributed by atoms with Gasteiger partial charge in [-0.3, -0.25) is 24.3 Å². The third-order valence-electron chi connectivity index (χ3n) is 4.46. The minimum absolute atomic E-state index is 0.0973. The molecule has 1 aliphatic rings. The maximum atomic E-state index is 13.1. The van der Waals surface area contributed by atoms with Gasteiger partial charge in [0.2, 0.25) is 5.91 Å². The molecule has 0 bridgehead atoms. The highest BCUT2D eigenvalue weighted by atomic mass is 32.1. The molecule has 3 amide bonds. The molecule has 8 heteroatoms. The van der Waals surface area contributed by atoms with Crippen LogP contribution < -0.4 is 10.6 Å². The van der Waals surface area contributed by atoms with Gasteiger partial charge in [0.15, 0.2) is 0 Å². The molecule has 1 aliphatic heterocycles. The molecule has 0 atom stereocenters. The highest BCUT2D eigenvalue weighted by Crippen LogP contribution is 2.33. The van der Waals surface area contributed by atoms with E-state index in [-0.39, 0.29) is 24.1 Å². The highest BCUT2D eigenvalue weighted by Gasteiger charge is 2.39. The van der Waals surface area contributed by atoms with Gasteiger partial charge in [0.1, 0.15) is 5.70 Å². The maximum absolute atomic E-state index is 13.1. The highest BCUT2D eigenvalue weighted by molar-refractivity contribution is 7.11. The fourth-order valence-electron chi connectivity index (χ4n) is 3.12. The summed E-state index contributed by atoms with van der Waals surface area (Å²) in [6, 6.07) is 16.0. The summed E-state index contributed by atoms with van der Waals surface area (Å²) < 4.78 is 0. The van der Waals surface area contributed by atoms with Crippen LogP contribution in [0.5, 0.6) is 0 Å². The normalized spacial score (nSPS) is 13.7. The van der Waals surface area contributed by atoms with E-state index >= 15 is 0 Å². The Labute approximate surface area is 177 Å². The van der Waals surface area contributed by atoms with Gasteiger partial charge in [-0.2, -0.15) is 0 Å². The van der Waals surface area contributed by atoms with E-state index in [2.05, 4.69) is 15.6 Å². The summed E-state index contributed by atoms with van der Waals surface area (Å²) in [5.74, 6) is -0.925. The number of amides is 3. The number of benzene rings is 1. The Balaban J connectivity index is 1.64. The van der Waals surface area contributed by atoms with E-state index in [0.717, 1.165) is 0 Å². The lowest BCUT2D eigenvalue weighted by Gasteiger charge is -2.14. The zero-order valence-corrected chi connectivity index (χ0v) is 16.9. The van der Waals surface area contributed by atoms with Crippen molar-refractivity contribution >= 4 is 46.0 Å². The largest absolute Gasteiger partial charge is 0.350 e. The lowest BCUT2D eigenvalue weighted by molar-refractivity contribution is -0.137. The predicted octanol–water partition coefficient (Wildman–Crippen LogP) is 3.49. The Hall–Kier alpha value is -3.78. The summed E-state index contributed by atoms with van der Waals surface area (Å²) in [5.41, 5.74) is 2.48. The molecule has 3 aromatic rings. The summed E-state index contributed by atoms with van der Waals surface area (Å²) in [6.45, 7) is 1.53. The second-order valence-electron chi connectivity index (χ2n) is 6.63. The van der Waals surface area contributed by atoms with Crippen LogP contribution in [-0.2, 0) is 20.9 Å². The molecule has 0 saturated carbocycles. The van der Waals surface area contributed by atoms with E-state index in [1.807, 2.05) is 23.6 Å². The standard InChI is InChI=1S/C22H18N4O3S/c1-14(27)24-15-7-9-16(10-8-15)25-20-19(18-6-4-12-30-18)21(28)26(22(20)29)13-17-5-2-3-11-23-17/h2-12,25H,13H2,1H3,(H,24,27). The quantitative estimate of drug-likeness (QED) is 0.598. The molecule has 4 rings (SSSR count). The number of nitrogens with zero attached hydrogens (tertiary/aromatic N) is 2. The number of rotatable bonds is 6. The molecule has 0 spiro atoms. The predicted molar refractivity (Wildman–Crippen MR) is 115 cm³/mol. The molecule has 0 unspecified atom stereocenters. The fourth-order valence-corrected chi connectivity index (χ4v) is 3.89. The molecule has 30 heavy (non-hydrogen) atoms. The zero-order valence-electron chi connectivity index (χ0n) is 16.1. The van der Waals surface area contributed by atoms with Crippen LogP contribution >= 0.6 is 11.3 Å². The summed E-state index contributed by atoms with van der Waals surface area (Å²) in [4.78, 5) is 43.6. The van der Waals surface area contributed by atoms with Crippen LogP contribution in [0.1, 0.15) is 17.5 Å². The van der Waals surface area contributed by atoms with Gasteiger partial charge >= 0.3 is 0 Å². The summed E-state index contributed by atoms with van der Waals surface area (Å²) in [7, 11) is 0. The zero-order chi connectivity index (χ0) is 21.1. The molecule has 0 fully saturated rings. The summed E-state index contributed by atoms with van der Waals surface area (Å²) in [5, 5.41) is 7.65. The van der Waals surface area contributed by atoms with Gasteiger partial charge in [0, 0.05) is 29.4 Å². The molecule has 7 nitrogen and oxygen atoms in total. The monoisotopic (exact) mass is 418 g/mol. The van der Waals surface area contributed by atoms with Gasteiger partial charge in [-0.1, -0.05) is 12.1 Å². The van der Waals surface area contributed by atoms with E-state index in [9.17, 15) is 14.4 Å². The van der Waals surface area contributed by atoms with Crippen molar-refractivity contribution in [3.05, 3.63) is 82.4 Å². The number of imide groups is 1. The third kappa shape index (κ3) is 3.99. The van der Waals surface area contributed by atoms with Crippen LogP contribution in [0.15, 0.2) is 71.9 Å². The molecule has 150 valence electrons. The number of thiophene rings is 1. The van der Waals surface area contributed by atoms with Crippen molar-refractivity contribution < 1.29 is 14.4 Å². The average Bonchev–Trinajstić information content (AvgIpc) is 3.33. The summed E-state index contributed by atoms with van der Waals surface area (Å²) >= 11 is 1.40. The van der Waals surface area contributed by atoms with E-state index in [0.29, 0.717) is 27.5 Å². The van der Waals surface area contributed by atoms with E-state index < -0.39 is 5.91 Å². The molecular weight excluding hydrogens is 400 g/mol. The van der Waals surface area contributed by atoms with Gasteiger partial charge in [-0.05, 0) is 47.8 Å². The summed E-state index contributed by atoms with van der Waals surface area (Å²) in [6.07, 6.45) is 1.63. The average molecular weight is 418 g/mol. The molecule has 2 N–H and O–H groups in total. The number of nitrogens with one attached hydrogen (secondary N) is 2. The molecule has 0 saturated heterocycles. The number of hydrogen-bond donors (Lipinski definition) is 2. The third-order valence-corrected chi connectivity index (χ3v) is 5.34. The van der Waals surface area contributed by atoms with Gasteiger partial charge in [0.05, 0.1) is 17.8 Å². The van der Waals surface area contributed by atoms with Gasteiger partial charge in [0.25, 0.3) is 11.8 Å². The number of pyridine rings is 1. The molecule has 3 heterocycles. The minimum Gasteiger partial charge on any atom is -0.350 e. The van der Waals surface area contributed by atoms with Crippen molar-refractivity contribution in [3.63, 3.8) is 0 Å². The van der Waals surface area contributed by atoms with Crippen LogP contribution in [-0.4, -0.2) is 27.6 Å². The fraction of sp³-hybridized carbons (Fsp3) is 0.0909. The first-order valence-corrected chi connectivity index (χ1v) is 10.1. The molecule has 0 aliphatic carbocycles. The lowest BCUT2D eigenvalue weighted by Crippen LogP contribution is -2.32. The van der Waals surface area contributed by atoms with Crippen molar-refractivity contribution in [1.29, 1.82) is 0 Å². The van der Waals surface area contributed by atoms with Gasteiger partial charge < -0.3 is 10.6 Å². The van der Waals surface area contributed by atoms with Crippen molar-refractivity contribution in [2.24, 2.45) is 0 Å². The van der Waals surface area contributed by atoms with Gasteiger partial charge in [-0.15, -0.1) is 11.3 Å². The Morgan fingerprint density at radius 2 is 1.77 bits per heavy atom. The van der Waals surface area contributed by atoms with Crippen LogP contribution in [0.3, 0.4) is 0 Å². The van der Waals surface area contributed by atoms with Crippen LogP contribution in [0.2, 0.25) is 0 Å². The van der Waals surface area contributed by atoms with Crippen molar-refractivity contribution in [1.82, 2.24) is 9.88 Å². The number of carbonyl (C=O) groups excluding carboxylic acids is 3. The number of anilines is 2. The van der Waals surface area contributed by atoms with Gasteiger partial charge in [-0.25, -0.2) is 0 Å². The first kappa shape index (κ1) is 19.5. The Morgan fingerprint density at radius 1 is 1.00 bits per heavy atom. The van der Waals surface area contributed by atoms with Crippen molar-refractivity contribution in [3.8, 4) is 0 Å². The first-order chi connectivity index (χ1) is 14.5. The molecule has 0 radical (unpaired) electrons. The molecule has 1 aromatic carbocycles. The topological polar surface area (TPSA) is 91.4 Å². The Morgan fingerprint density at radius 3 is 2.40 bits per heavy atom. The maximum Gasteiger partial charge on any atom is 0.278 e. The van der Waals surface area contributed by atoms with Crippen LogP contribution in [0, 0.1) is 0 Å².